The first kappa shape index (κ1) is 20.3. The molecule has 1 saturated heterocycles. The number of halogens is 1. The van der Waals surface area contributed by atoms with E-state index < -0.39 is 39.9 Å². The lowest BCUT2D eigenvalue weighted by molar-refractivity contribution is -0.151. The summed E-state index contributed by atoms with van der Waals surface area (Å²) >= 11 is 0. The molecule has 1 aliphatic heterocycles. The summed E-state index contributed by atoms with van der Waals surface area (Å²) in [7, 11) is -4.18. The Kier molecular flexibility index (Phi) is 7.52. The van der Waals surface area contributed by atoms with Gasteiger partial charge in [-0.05, 0) is 25.0 Å². The maximum Gasteiger partial charge on any atom is 0.321 e. The molecule has 1 aromatic rings. The van der Waals surface area contributed by atoms with Crippen LogP contribution >= 0.6 is 0 Å². The van der Waals surface area contributed by atoms with Gasteiger partial charge in [0, 0.05) is 13.1 Å². The van der Waals surface area contributed by atoms with E-state index in [1.54, 1.807) is 4.90 Å². The van der Waals surface area contributed by atoms with Gasteiger partial charge in [0.25, 0.3) is 5.91 Å². The number of hydrogen-bond donors (Lipinski definition) is 1. The third kappa shape index (κ3) is 6.06. The lowest BCUT2D eigenvalue weighted by atomic mass is 10.1. The molecule has 0 aliphatic carbocycles. The number of nitrogens with zero attached hydrogens (tertiary/aromatic N) is 1. The maximum atomic E-state index is 13.5. The first-order chi connectivity index (χ1) is 12.4. The molecule has 0 atom stereocenters. The minimum atomic E-state index is -4.18. The molecule has 9 heteroatoms. The van der Waals surface area contributed by atoms with Gasteiger partial charge in [0.1, 0.15) is 17.3 Å². The molecule has 144 valence electrons. The summed E-state index contributed by atoms with van der Waals surface area (Å²) in [6.07, 6.45) is 5.15. The molecule has 1 N–H and O–H groups in total. The second-order valence-electron chi connectivity index (χ2n) is 6.06. The van der Waals surface area contributed by atoms with Crippen LogP contribution in [0, 0.1) is 5.82 Å². The normalized spacial score (nSPS) is 15.8. The van der Waals surface area contributed by atoms with Gasteiger partial charge in [-0.15, -0.1) is 0 Å². The largest absolute Gasteiger partial charge is 0.455 e. The Labute approximate surface area is 152 Å². The van der Waals surface area contributed by atoms with E-state index >= 15 is 0 Å². The van der Waals surface area contributed by atoms with Crippen LogP contribution in [0.15, 0.2) is 29.2 Å². The van der Waals surface area contributed by atoms with Crippen LogP contribution in [0.4, 0.5) is 4.39 Å². The standard InChI is InChI=1S/C17H23FN2O5S/c18-14-8-4-5-9-15(14)26(23,24)19-12-17(22)25-13-16(21)20-10-6-2-1-3-7-11-20/h4-5,8-9,19H,1-3,6-7,10-13H2. The Morgan fingerprint density at radius 1 is 1.08 bits per heavy atom. The Morgan fingerprint density at radius 2 is 1.69 bits per heavy atom. The van der Waals surface area contributed by atoms with E-state index in [-0.39, 0.29) is 5.91 Å². The van der Waals surface area contributed by atoms with Gasteiger partial charge in [-0.25, -0.2) is 12.8 Å². The van der Waals surface area contributed by atoms with Crippen LogP contribution < -0.4 is 4.72 Å². The molecule has 0 unspecified atom stereocenters. The van der Waals surface area contributed by atoms with Crippen LogP contribution in [0.1, 0.15) is 32.1 Å². The molecule has 0 bridgehead atoms. The summed E-state index contributed by atoms with van der Waals surface area (Å²) in [4.78, 5) is 24.9. The topological polar surface area (TPSA) is 92.8 Å². The lowest BCUT2D eigenvalue weighted by Crippen LogP contribution is -2.38. The minimum Gasteiger partial charge on any atom is -0.455 e. The van der Waals surface area contributed by atoms with Gasteiger partial charge in [0.15, 0.2) is 6.61 Å². The number of amides is 1. The molecule has 7 nitrogen and oxygen atoms in total. The van der Waals surface area contributed by atoms with E-state index in [2.05, 4.69) is 0 Å². The number of hydrogen-bond acceptors (Lipinski definition) is 5. The van der Waals surface area contributed by atoms with Crippen LogP contribution in [-0.4, -0.2) is 51.4 Å². The zero-order valence-corrected chi connectivity index (χ0v) is 15.3. The van der Waals surface area contributed by atoms with Gasteiger partial charge < -0.3 is 9.64 Å². The van der Waals surface area contributed by atoms with Crippen LogP contribution in [-0.2, 0) is 24.3 Å². The van der Waals surface area contributed by atoms with Gasteiger partial charge in [0.2, 0.25) is 10.0 Å². The molecule has 26 heavy (non-hydrogen) atoms. The summed E-state index contributed by atoms with van der Waals surface area (Å²) in [5, 5.41) is 0. The molecule has 1 aromatic carbocycles. The third-order valence-electron chi connectivity index (χ3n) is 4.10. The number of benzene rings is 1. The van der Waals surface area contributed by atoms with Crippen molar-refractivity contribution < 1.29 is 27.1 Å². The zero-order valence-electron chi connectivity index (χ0n) is 14.4. The van der Waals surface area contributed by atoms with Crippen molar-refractivity contribution in [2.75, 3.05) is 26.2 Å². The lowest BCUT2D eigenvalue weighted by Gasteiger charge is -2.24. The van der Waals surface area contributed by atoms with Gasteiger partial charge in [-0.1, -0.05) is 31.4 Å². The smallest absolute Gasteiger partial charge is 0.321 e. The number of esters is 1. The summed E-state index contributed by atoms with van der Waals surface area (Å²) in [6, 6.07) is 4.83. The summed E-state index contributed by atoms with van der Waals surface area (Å²) in [5.74, 6) is -2.11. The van der Waals surface area contributed by atoms with Crippen LogP contribution in [0.2, 0.25) is 0 Å². The first-order valence-corrected chi connectivity index (χ1v) is 10.1. The second-order valence-corrected chi connectivity index (χ2v) is 7.80. The van der Waals surface area contributed by atoms with Crippen molar-refractivity contribution in [3.63, 3.8) is 0 Å². The van der Waals surface area contributed by atoms with Crippen molar-refractivity contribution in [3.05, 3.63) is 30.1 Å². The SMILES string of the molecule is O=C(CNS(=O)(=O)c1ccccc1F)OCC(=O)N1CCCCCCC1. The van der Waals surface area contributed by atoms with E-state index in [4.69, 9.17) is 4.74 Å². The molecule has 0 aromatic heterocycles. The molecule has 0 spiro atoms. The number of nitrogens with one attached hydrogen (secondary N) is 1. The van der Waals surface area contributed by atoms with Crippen molar-refractivity contribution in [2.45, 2.75) is 37.0 Å². The zero-order chi connectivity index (χ0) is 19.0. The molecular weight excluding hydrogens is 363 g/mol. The Balaban J connectivity index is 1.79. The summed E-state index contributed by atoms with van der Waals surface area (Å²) in [6.45, 7) is 0.163. The number of carbonyl (C=O) groups is 2. The van der Waals surface area contributed by atoms with E-state index in [0.717, 1.165) is 37.8 Å². The Bertz CT molecular complexity index is 730. The van der Waals surface area contributed by atoms with Gasteiger partial charge in [-0.3, -0.25) is 9.59 Å². The van der Waals surface area contributed by atoms with Crippen molar-refractivity contribution in [1.82, 2.24) is 9.62 Å². The molecule has 1 fully saturated rings. The van der Waals surface area contributed by atoms with Crippen LogP contribution in [0.5, 0.6) is 0 Å². The Morgan fingerprint density at radius 3 is 2.35 bits per heavy atom. The fraction of sp³-hybridized carbons (Fsp3) is 0.529. The number of carbonyl (C=O) groups excluding carboxylic acids is 2. The predicted octanol–water partition coefficient (Wildman–Crippen LogP) is 1.44. The number of rotatable bonds is 6. The number of sulfonamides is 1. The first-order valence-electron chi connectivity index (χ1n) is 8.58. The molecule has 2 rings (SSSR count). The molecule has 1 heterocycles. The fourth-order valence-electron chi connectivity index (χ4n) is 2.68. The molecular formula is C17H23FN2O5S. The van der Waals surface area contributed by atoms with E-state index in [9.17, 15) is 22.4 Å². The average molecular weight is 386 g/mol. The van der Waals surface area contributed by atoms with Gasteiger partial charge in [0.05, 0.1) is 0 Å². The number of likely N-dealkylation sites (tertiary alicyclic amines) is 1. The van der Waals surface area contributed by atoms with E-state index in [0.29, 0.717) is 13.1 Å². The van der Waals surface area contributed by atoms with Crippen molar-refractivity contribution in [2.24, 2.45) is 0 Å². The monoisotopic (exact) mass is 386 g/mol. The highest BCUT2D eigenvalue weighted by Crippen LogP contribution is 2.13. The van der Waals surface area contributed by atoms with Crippen molar-refractivity contribution >= 4 is 21.9 Å². The quantitative estimate of drug-likeness (QED) is 0.747. The maximum absolute atomic E-state index is 13.5. The average Bonchev–Trinajstić information content (AvgIpc) is 2.58. The Hall–Kier alpha value is -2.00. The molecule has 1 amide bonds. The summed E-state index contributed by atoms with van der Waals surface area (Å²) in [5.41, 5.74) is 0. The van der Waals surface area contributed by atoms with Crippen molar-refractivity contribution in [1.29, 1.82) is 0 Å². The number of ether oxygens (including phenoxy) is 1. The fourth-order valence-corrected chi connectivity index (χ4v) is 3.72. The predicted molar refractivity (Wildman–Crippen MR) is 92.2 cm³/mol. The van der Waals surface area contributed by atoms with E-state index in [1.807, 2.05) is 4.72 Å². The van der Waals surface area contributed by atoms with E-state index in [1.165, 1.54) is 18.6 Å². The highest BCUT2D eigenvalue weighted by molar-refractivity contribution is 7.89. The molecule has 0 radical (unpaired) electrons. The van der Waals surface area contributed by atoms with Gasteiger partial charge in [-0.2, -0.15) is 4.72 Å². The molecule has 1 aliphatic rings. The second kappa shape index (κ2) is 9.63. The highest BCUT2D eigenvalue weighted by atomic mass is 32.2. The van der Waals surface area contributed by atoms with Crippen LogP contribution in [0.3, 0.4) is 0 Å². The molecule has 0 saturated carbocycles. The van der Waals surface area contributed by atoms with Crippen LogP contribution in [0.25, 0.3) is 0 Å². The minimum absolute atomic E-state index is 0.294. The highest BCUT2D eigenvalue weighted by Gasteiger charge is 2.21. The van der Waals surface area contributed by atoms with Gasteiger partial charge >= 0.3 is 5.97 Å². The third-order valence-corrected chi connectivity index (χ3v) is 5.53. The van der Waals surface area contributed by atoms with Crippen molar-refractivity contribution in [3.8, 4) is 0 Å². The summed E-state index contributed by atoms with van der Waals surface area (Å²) < 4.78 is 44.3.